The minimum absolute atomic E-state index is 0.381. The second kappa shape index (κ2) is 4.90. The van der Waals surface area contributed by atoms with Crippen molar-refractivity contribution in [2.24, 2.45) is 5.92 Å². The third-order valence-corrected chi connectivity index (χ3v) is 3.33. The molecular formula is C10H18OS. The predicted octanol–water partition coefficient (Wildman–Crippen LogP) is 3.23. The summed E-state index contributed by atoms with van der Waals surface area (Å²) in [5, 5.41) is 0.893. The molecule has 2 heteroatoms. The van der Waals surface area contributed by atoms with E-state index < -0.39 is 0 Å². The molecule has 1 rings (SSSR count). The summed E-state index contributed by atoms with van der Waals surface area (Å²) >= 11 is 1.52. The van der Waals surface area contributed by atoms with Crippen LogP contribution in [0.2, 0.25) is 0 Å². The Morgan fingerprint density at radius 2 is 1.83 bits per heavy atom. The highest BCUT2D eigenvalue weighted by molar-refractivity contribution is 8.14. The number of carbonyl (C=O) groups is 1. The first kappa shape index (κ1) is 10.1. The number of hydrogen-bond donors (Lipinski definition) is 0. The van der Waals surface area contributed by atoms with Crippen LogP contribution in [0.5, 0.6) is 0 Å². The smallest absolute Gasteiger partial charge is 0.192 e. The summed E-state index contributed by atoms with van der Waals surface area (Å²) in [6.45, 7) is 4.18. The van der Waals surface area contributed by atoms with E-state index in [1.807, 2.05) is 0 Å². The molecule has 0 aromatic carbocycles. The van der Waals surface area contributed by atoms with Gasteiger partial charge in [-0.2, -0.15) is 0 Å². The topological polar surface area (TPSA) is 17.1 Å². The van der Waals surface area contributed by atoms with Crippen LogP contribution in [0.25, 0.3) is 0 Å². The van der Waals surface area contributed by atoms with Crippen molar-refractivity contribution >= 4 is 16.9 Å². The molecule has 0 radical (unpaired) electrons. The van der Waals surface area contributed by atoms with E-state index >= 15 is 0 Å². The van der Waals surface area contributed by atoms with Gasteiger partial charge in [0.15, 0.2) is 5.12 Å². The number of thioether (sulfide) groups is 1. The van der Waals surface area contributed by atoms with Gasteiger partial charge >= 0.3 is 0 Å². The third kappa shape index (κ3) is 3.18. The van der Waals surface area contributed by atoms with Crippen molar-refractivity contribution in [2.75, 3.05) is 0 Å². The Morgan fingerprint density at radius 1 is 1.25 bits per heavy atom. The van der Waals surface area contributed by atoms with Crippen LogP contribution >= 0.6 is 11.8 Å². The summed E-state index contributed by atoms with van der Waals surface area (Å²) in [5.41, 5.74) is 0. The second-order valence-corrected chi connectivity index (χ2v) is 5.40. The molecule has 0 aromatic rings. The van der Waals surface area contributed by atoms with Crippen LogP contribution in [0.3, 0.4) is 0 Å². The molecule has 1 aliphatic carbocycles. The summed E-state index contributed by atoms with van der Waals surface area (Å²) in [5.74, 6) is 0.381. The zero-order chi connectivity index (χ0) is 8.97. The van der Waals surface area contributed by atoms with Crippen molar-refractivity contribution in [1.82, 2.24) is 0 Å². The lowest BCUT2D eigenvalue weighted by molar-refractivity contribution is -0.115. The Balaban J connectivity index is 2.30. The fraction of sp³-hybridized carbons (Fsp3) is 0.900. The molecule has 1 aliphatic rings. The molecule has 0 unspecified atom stereocenters. The lowest BCUT2D eigenvalue weighted by Gasteiger charge is -2.20. The molecule has 0 spiro atoms. The summed E-state index contributed by atoms with van der Waals surface area (Å²) < 4.78 is 0. The average molecular weight is 186 g/mol. The highest BCUT2D eigenvalue weighted by atomic mass is 32.2. The summed E-state index contributed by atoms with van der Waals surface area (Å²) in [6, 6.07) is 0. The Bertz CT molecular complexity index is 148. The lowest BCUT2D eigenvalue weighted by Crippen LogP contribution is -2.16. The molecule has 70 valence electrons. The van der Waals surface area contributed by atoms with Gasteiger partial charge in [0.1, 0.15) is 0 Å². The van der Waals surface area contributed by atoms with E-state index in [4.69, 9.17) is 0 Å². The Hall–Kier alpha value is 0.0200. The average Bonchev–Trinajstić information content (AvgIpc) is 2.05. The van der Waals surface area contributed by atoms with Crippen molar-refractivity contribution in [1.29, 1.82) is 0 Å². The van der Waals surface area contributed by atoms with Crippen LogP contribution in [0.1, 0.15) is 46.0 Å². The largest absolute Gasteiger partial charge is 0.287 e. The summed E-state index contributed by atoms with van der Waals surface area (Å²) in [7, 11) is 0. The zero-order valence-corrected chi connectivity index (χ0v) is 8.82. The number of hydrogen-bond acceptors (Lipinski definition) is 2. The van der Waals surface area contributed by atoms with Crippen LogP contribution < -0.4 is 0 Å². The second-order valence-electron chi connectivity index (χ2n) is 3.82. The molecule has 0 amide bonds. The van der Waals surface area contributed by atoms with Gasteiger partial charge in [-0.05, 0) is 12.8 Å². The maximum Gasteiger partial charge on any atom is 0.192 e. The van der Waals surface area contributed by atoms with Gasteiger partial charge < -0.3 is 0 Å². The first-order valence-corrected chi connectivity index (χ1v) is 5.78. The van der Waals surface area contributed by atoms with Gasteiger partial charge in [-0.1, -0.05) is 44.9 Å². The minimum atomic E-state index is 0.381. The summed E-state index contributed by atoms with van der Waals surface area (Å²) in [4.78, 5) is 11.6. The molecular weight excluding hydrogens is 168 g/mol. The molecule has 1 saturated carbocycles. The fourth-order valence-corrected chi connectivity index (χ4v) is 2.56. The van der Waals surface area contributed by atoms with Crippen molar-refractivity contribution in [3.8, 4) is 0 Å². The standard InChI is InChI=1S/C10H18OS/c1-8(2)12-10(11)9-6-4-3-5-7-9/h8-9H,3-7H2,1-2H3. The van der Waals surface area contributed by atoms with E-state index in [0.717, 1.165) is 12.8 Å². The maximum atomic E-state index is 11.6. The van der Waals surface area contributed by atoms with Crippen molar-refractivity contribution < 1.29 is 4.79 Å². The molecule has 0 saturated heterocycles. The Labute approximate surface area is 79.3 Å². The molecule has 1 nitrogen and oxygen atoms in total. The first-order chi connectivity index (χ1) is 5.70. The highest BCUT2D eigenvalue weighted by Crippen LogP contribution is 2.29. The minimum Gasteiger partial charge on any atom is -0.287 e. The SMILES string of the molecule is CC(C)SC(=O)C1CCCCC1. The molecule has 12 heavy (non-hydrogen) atoms. The van der Waals surface area contributed by atoms with Gasteiger partial charge in [-0.3, -0.25) is 4.79 Å². The first-order valence-electron chi connectivity index (χ1n) is 4.90. The van der Waals surface area contributed by atoms with E-state index in [1.54, 1.807) is 0 Å². The van der Waals surface area contributed by atoms with Crippen LogP contribution in [-0.4, -0.2) is 10.4 Å². The molecule has 0 bridgehead atoms. The molecule has 0 N–H and O–H groups in total. The van der Waals surface area contributed by atoms with E-state index in [1.165, 1.54) is 31.0 Å². The van der Waals surface area contributed by atoms with Crippen LogP contribution in [0.15, 0.2) is 0 Å². The van der Waals surface area contributed by atoms with Gasteiger partial charge in [0.2, 0.25) is 0 Å². The Kier molecular flexibility index (Phi) is 4.13. The normalized spacial score (nSPS) is 19.9. The van der Waals surface area contributed by atoms with E-state index in [-0.39, 0.29) is 0 Å². The monoisotopic (exact) mass is 186 g/mol. The predicted molar refractivity (Wildman–Crippen MR) is 54.3 cm³/mol. The van der Waals surface area contributed by atoms with Crippen molar-refractivity contribution in [3.63, 3.8) is 0 Å². The number of rotatable bonds is 2. The quantitative estimate of drug-likeness (QED) is 0.658. The molecule has 0 heterocycles. The molecule has 1 fully saturated rings. The van der Waals surface area contributed by atoms with Crippen LogP contribution in [0, 0.1) is 5.92 Å². The van der Waals surface area contributed by atoms with E-state index in [2.05, 4.69) is 13.8 Å². The van der Waals surface area contributed by atoms with Crippen molar-refractivity contribution in [2.45, 2.75) is 51.2 Å². The molecule has 0 aromatic heterocycles. The Morgan fingerprint density at radius 3 is 2.33 bits per heavy atom. The van der Waals surface area contributed by atoms with E-state index in [9.17, 15) is 4.79 Å². The van der Waals surface area contributed by atoms with Gasteiger partial charge in [0.05, 0.1) is 0 Å². The molecule has 0 atom stereocenters. The fourth-order valence-electron chi connectivity index (χ4n) is 1.67. The lowest BCUT2D eigenvalue weighted by atomic mass is 9.90. The van der Waals surface area contributed by atoms with Gasteiger partial charge in [-0.15, -0.1) is 0 Å². The third-order valence-electron chi connectivity index (χ3n) is 2.29. The number of carbonyl (C=O) groups excluding carboxylic acids is 1. The highest BCUT2D eigenvalue weighted by Gasteiger charge is 2.21. The zero-order valence-electron chi connectivity index (χ0n) is 8.01. The van der Waals surface area contributed by atoms with Gasteiger partial charge in [0.25, 0.3) is 0 Å². The van der Waals surface area contributed by atoms with Crippen LogP contribution in [-0.2, 0) is 4.79 Å². The van der Waals surface area contributed by atoms with Gasteiger partial charge in [0, 0.05) is 11.2 Å². The van der Waals surface area contributed by atoms with Crippen molar-refractivity contribution in [3.05, 3.63) is 0 Å². The van der Waals surface area contributed by atoms with Crippen LogP contribution in [0.4, 0.5) is 0 Å². The van der Waals surface area contributed by atoms with E-state index in [0.29, 0.717) is 16.3 Å². The maximum absolute atomic E-state index is 11.6. The van der Waals surface area contributed by atoms with Gasteiger partial charge in [-0.25, -0.2) is 0 Å². The summed E-state index contributed by atoms with van der Waals surface area (Å²) in [6.07, 6.45) is 6.12. The molecule has 0 aliphatic heterocycles.